The molecular formula is C29H34N6O3S. The molecule has 2 aliphatic rings. The molecule has 2 aliphatic heterocycles. The van der Waals surface area contributed by atoms with Crippen LogP contribution in [0.15, 0.2) is 35.4 Å². The molecule has 2 fully saturated rings. The number of hydrogen-bond donors (Lipinski definition) is 1. The third-order valence-corrected chi connectivity index (χ3v) is 8.62. The minimum absolute atomic E-state index is 0.228. The average molecular weight is 547 g/mol. The van der Waals surface area contributed by atoms with Gasteiger partial charge in [0, 0.05) is 25.2 Å². The summed E-state index contributed by atoms with van der Waals surface area (Å²) in [6.07, 6.45) is 2.54. The quantitative estimate of drug-likeness (QED) is 0.383. The molecule has 2 aromatic rings. The molecule has 2 amide bonds. The van der Waals surface area contributed by atoms with Crippen LogP contribution in [0.5, 0.6) is 0 Å². The van der Waals surface area contributed by atoms with E-state index in [-0.39, 0.29) is 11.6 Å². The number of likely N-dealkylation sites (tertiary alicyclic amines) is 1. The number of carbonyl (C=O) groups excluding carboxylic acids is 2. The summed E-state index contributed by atoms with van der Waals surface area (Å²) in [7, 11) is 0. The number of rotatable bonds is 6. The third kappa shape index (κ3) is 5.67. The van der Waals surface area contributed by atoms with E-state index in [0.29, 0.717) is 47.2 Å². The number of piperidine rings is 1. The van der Waals surface area contributed by atoms with Gasteiger partial charge in [-0.1, -0.05) is 49.0 Å². The van der Waals surface area contributed by atoms with Gasteiger partial charge in [-0.05, 0) is 57.6 Å². The van der Waals surface area contributed by atoms with Crippen molar-refractivity contribution in [1.82, 2.24) is 9.88 Å². The smallest absolute Gasteiger partial charge is 0.410 e. The first-order chi connectivity index (χ1) is 18.5. The number of hydrogen-bond acceptors (Lipinski definition) is 7. The monoisotopic (exact) mass is 546 g/mol. The van der Waals surface area contributed by atoms with Gasteiger partial charge in [0.15, 0.2) is 0 Å². The summed E-state index contributed by atoms with van der Waals surface area (Å²) >= 11 is 1.15. The minimum atomic E-state index is -0.732. The van der Waals surface area contributed by atoms with E-state index in [0.717, 1.165) is 43.1 Å². The number of benzene rings is 1. The van der Waals surface area contributed by atoms with Crippen LogP contribution >= 0.6 is 11.8 Å². The molecule has 1 unspecified atom stereocenters. The van der Waals surface area contributed by atoms with Crippen LogP contribution in [0.25, 0.3) is 4.85 Å². The van der Waals surface area contributed by atoms with Crippen molar-refractivity contribution >= 4 is 35.3 Å². The first-order valence-electron chi connectivity index (χ1n) is 13.1. The summed E-state index contributed by atoms with van der Waals surface area (Å²) in [6, 6.07) is 11.4. The van der Waals surface area contributed by atoms with E-state index in [1.54, 1.807) is 4.90 Å². The lowest BCUT2D eigenvalue weighted by Gasteiger charge is -2.57. The summed E-state index contributed by atoms with van der Waals surface area (Å²) in [4.78, 5) is 37.7. The molecule has 1 spiro atoms. The van der Waals surface area contributed by atoms with Crippen molar-refractivity contribution in [2.75, 3.05) is 24.5 Å². The molecule has 0 radical (unpaired) electrons. The van der Waals surface area contributed by atoms with E-state index in [1.165, 1.54) is 0 Å². The molecule has 1 aromatic heterocycles. The maximum atomic E-state index is 12.6. The number of nitrogens with two attached hydrogens (primary N) is 1. The number of aromatic nitrogens is 1. The van der Waals surface area contributed by atoms with Crippen LogP contribution in [-0.2, 0) is 16.0 Å². The fourth-order valence-electron chi connectivity index (χ4n) is 5.29. The second-order valence-electron chi connectivity index (χ2n) is 10.9. The molecule has 39 heavy (non-hydrogen) atoms. The number of carbonyl (C=O) groups is 2. The molecule has 0 bridgehead atoms. The van der Waals surface area contributed by atoms with E-state index < -0.39 is 16.8 Å². The Morgan fingerprint density at radius 2 is 1.87 bits per heavy atom. The Bertz CT molecular complexity index is 1330. The maximum absolute atomic E-state index is 12.6. The van der Waals surface area contributed by atoms with Gasteiger partial charge in [-0.3, -0.25) is 4.79 Å². The number of primary amides is 1. The van der Waals surface area contributed by atoms with E-state index >= 15 is 0 Å². The zero-order valence-electron chi connectivity index (χ0n) is 22.9. The Kier molecular flexibility index (Phi) is 8.08. The van der Waals surface area contributed by atoms with Gasteiger partial charge in [0.2, 0.25) is 11.6 Å². The van der Waals surface area contributed by atoms with Crippen LogP contribution in [0.2, 0.25) is 0 Å². The highest BCUT2D eigenvalue weighted by Crippen LogP contribution is 2.49. The van der Waals surface area contributed by atoms with Crippen molar-refractivity contribution in [2.45, 2.75) is 74.8 Å². The normalized spacial score (nSPS) is 17.1. The Morgan fingerprint density at radius 1 is 1.23 bits per heavy atom. The summed E-state index contributed by atoms with van der Waals surface area (Å²) in [5, 5.41) is 9.76. The summed E-state index contributed by atoms with van der Waals surface area (Å²) in [5.74, 6) is 0.0114. The molecule has 0 aliphatic carbocycles. The zero-order valence-corrected chi connectivity index (χ0v) is 23.7. The minimum Gasteiger partial charge on any atom is -0.444 e. The van der Waals surface area contributed by atoms with Crippen LogP contribution in [0.1, 0.15) is 68.9 Å². The van der Waals surface area contributed by atoms with Crippen molar-refractivity contribution in [2.24, 2.45) is 5.73 Å². The molecule has 4 rings (SSSR count). The van der Waals surface area contributed by atoms with Crippen molar-refractivity contribution in [1.29, 1.82) is 5.26 Å². The van der Waals surface area contributed by atoms with Crippen LogP contribution in [0, 0.1) is 17.9 Å². The van der Waals surface area contributed by atoms with E-state index in [1.807, 2.05) is 58.0 Å². The number of nitrogens with zero attached hydrogens (tertiary/aromatic N) is 5. The van der Waals surface area contributed by atoms with Gasteiger partial charge in [0.05, 0.1) is 12.1 Å². The third-order valence-electron chi connectivity index (χ3n) is 7.36. The highest BCUT2D eigenvalue weighted by atomic mass is 32.2. The molecule has 1 aromatic carbocycles. The fraction of sp³-hybridized carbons (Fsp3) is 0.483. The molecule has 1 atom stereocenters. The van der Waals surface area contributed by atoms with Gasteiger partial charge in [0.25, 0.3) is 0 Å². The van der Waals surface area contributed by atoms with Gasteiger partial charge in [-0.15, -0.1) is 0 Å². The molecule has 3 heterocycles. The first kappa shape index (κ1) is 28.3. The van der Waals surface area contributed by atoms with Gasteiger partial charge in [-0.25, -0.2) is 14.6 Å². The second kappa shape index (κ2) is 11.2. The van der Waals surface area contributed by atoms with Crippen LogP contribution in [0.3, 0.4) is 0 Å². The molecule has 204 valence electrons. The number of nitriles is 1. The number of thioether (sulfide) groups is 1. The first-order valence-corrected chi connectivity index (χ1v) is 14.0. The van der Waals surface area contributed by atoms with Crippen molar-refractivity contribution in [3.63, 3.8) is 0 Å². The van der Waals surface area contributed by atoms with E-state index in [4.69, 9.17) is 22.0 Å². The lowest BCUT2D eigenvalue weighted by molar-refractivity contribution is -0.117. The highest BCUT2D eigenvalue weighted by Gasteiger charge is 2.49. The average Bonchev–Trinajstić information content (AvgIpc) is 2.90. The van der Waals surface area contributed by atoms with Gasteiger partial charge in [-0.2, -0.15) is 5.26 Å². The number of pyridine rings is 1. The van der Waals surface area contributed by atoms with Crippen LogP contribution in [0.4, 0.5) is 16.3 Å². The SMILES string of the molecule is [C-]#[N+]c1c(N2CCC23CCN(C(=O)OC(C)(C)C)CC3)nc(SC(C(N)=O)c2ccccc2)c(C#N)c1CC. The molecule has 2 N–H and O–H groups in total. The van der Waals surface area contributed by atoms with Gasteiger partial charge < -0.3 is 20.3 Å². The lowest BCUT2D eigenvalue weighted by atomic mass is 9.76. The Balaban J connectivity index is 1.68. The molecule has 9 nitrogen and oxygen atoms in total. The fourth-order valence-corrected chi connectivity index (χ4v) is 6.35. The Hall–Kier alpha value is -3.76. The van der Waals surface area contributed by atoms with Gasteiger partial charge in [0.1, 0.15) is 27.8 Å². The molecule has 0 saturated carbocycles. The molecule has 10 heteroatoms. The Morgan fingerprint density at radius 3 is 2.36 bits per heavy atom. The molecule has 2 saturated heterocycles. The number of ether oxygens (including phenoxy) is 1. The van der Waals surface area contributed by atoms with Crippen LogP contribution < -0.4 is 10.6 Å². The topological polar surface area (TPSA) is 117 Å². The lowest BCUT2D eigenvalue weighted by Crippen LogP contribution is -2.65. The van der Waals surface area contributed by atoms with Gasteiger partial charge >= 0.3 is 6.09 Å². The number of amides is 2. The highest BCUT2D eigenvalue weighted by molar-refractivity contribution is 8.00. The summed E-state index contributed by atoms with van der Waals surface area (Å²) in [5.41, 5.74) is 7.05. The summed E-state index contributed by atoms with van der Waals surface area (Å²) < 4.78 is 5.56. The molecular weight excluding hydrogens is 512 g/mol. The second-order valence-corrected chi connectivity index (χ2v) is 12.0. The standard InChI is InChI=1S/C29H34N6O3S/c1-6-20-21(18-30)26(39-23(24(31)36)19-10-8-7-9-11-19)33-25(22(20)32-5)35-17-14-29(35)12-15-34(16-13-29)27(37)38-28(2,3)4/h7-11,23H,6,12-17H2,1-4H3,(H2,31,36). The largest absolute Gasteiger partial charge is 0.444 e. The summed E-state index contributed by atoms with van der Waals surface area (Å²) in [6.45, 7) is 17.3. The predicted octanol–water partition coefficient (Wildman–Crippen LogP) is 5.36. The van der Waals surface area contributed by atoms with E-state index in [9.17, 15) is 14.9 Å². The van der Waals surface area contributed by atoms with Crippen molar-refractivity contribution < 1.29 is 14.3 Å². The number of anilines is 1. The van der Waals surface area contributed by atoms with Crippen LogP contribution in [-0.4, -0.2) is 52.7 Å². The predicted molar refractivity (Wildman–Crippen MR) is 151 cm³/mol. The van der Waals surface area contributed by atoms with E-state index in [2.05, 4.69) is 15.8 Å². The Labute approximate surface area is 234 Å². The van der Waals surface area contributed by atoms with Crippen molar-refractivity contribution in [3.8, 4) is 6.07 Å². The zero-order chi connectivity index (χ0) is 28.4. The van der Waals surface area contributed by atoms with Crippen molar-refractivity contribution in [3.05, 3.63) is 58.4 Å². The maximum Gasteiger partial charge on any atom is 0.410 e.